The van der Waals surface area contributed by atoms with Gasteiger partial charge in [-0.3, -0.25) is 14.4 Å². The van der Waals surface area contributed by atoms with E-state index in [2.05, 4.69) is 5.32 Å². The molecule has 0 aromatic heterocycles. The largest absolute Gasteiger partial charge is 0.426 e. The minimum absolute atomic E-state index is 0.130. The third-order valence-corrected chi connectivity index (χ3v) is 3.32. The van der Waals surface area contributed by atoms with E-state index in [1.807, 2.05) is 30.3 Å². The number of carbonyl (C=O) groups excluding carboxylic acids is 3. The molecule has 0 aliphatic heterocycles. The number of primary amides is 1. The van der Waals surface area contributed by atoms with Gasteiger partial charge in [-0.25, -0.2) is 0 Å². The summed E-state index contributed by atoms with van der Waals surface area (Å²) >= 11 is 0. The Hall–Kier alpha value is -3.15. The summed E-state index contributed by atoms with van der Waals surface area (Å²) in [6, 6.07) is 14.6. The van der Waals surface area contributed by atoms with Crippen LogP contribution in [0.4, 0.5) is 0 Å². The minimum Gasteiger partial charge on any atom is -0.426 e. The Bertz CT molecular complexity index is 744. The smallest absolute Gasteiger partial charge is 0.308 e. The number of ether oxygens (including phenoxy) is 1. The summed E-state index contributed by atoms with van der Waals surface area (Å²) in [5.41, 5.74) is 6.42. The van der Waals surface area contributed by atoms with Crippen molar-refractivity contribution < 1.29 is 19.1 Å². The van der Waals surface area contributed by atoms with Gasteiger partial charge >= 0.3 is 5.97 Å². The zero-order valence-corrected chi connectivity index (χ0v) is 13.2. The molecule has 2 aromatic rings. The third-order valence-electron chi connectivity index (χ3n) is 3.32. The third kappa shape index (κ3) is 4.67. The second-order valence-electron chi connectivity index (χ2n) is 5.21. The number of amides is 2. The van der Waals surface area contributed by atoms with E-state index in [0.29, 0.717) is 0 Å². The number of nitrogens with two attached hydrogens (primary N) is 1. The van der Waals surface area contributed by atoms with Crippen LogP contribution in [-0.2, 0) is 16.0 Å². The van der Waals surface area contributed by atoms with Crippen molar-refractivity contribution in [3.05, 3.63) is 65.7 Å². The summed E-state index contributed by atoms with van der Waals surface area (Å²) < 4.78 is 5.01. The molecule has 124 valence electrons. The van der Waals surface area contributed by atoms with E-state index in [-0.39, 0.29) is 17.7 Å². The number of hydrogen-bond acceptors (Lipinski definition) is 4. The average Bonchev–Trinajstić information content (AvgIpc) is 2.55. The molecule has 0 spiro atoms. The van der Waals surface area contributed by atoms with Crippen LogP contribution < -0.4 is 15.8 Å². The van der Waals surface area contributed by atoms with E-state index in [9.17, 15) is 14.4 Å². The van der Waals surface area contributed by atoms with Crippen LogP contribution in [0.5, 0.6) is 5.75 Å². The Kier molecular flexibility index (Phi) is 5.68. The van der Waals surface area contributed by atoms with Crippen molar-refractivity contribution >= 4 is 17.8 Å². The summed E-state index contributed by atoms with van der Waals surface area (Å²) in [5.74, 6) is -1.58. The number of nitrogens with one attached hydrogen (secondary N) is 1. The fourth-order valence-corrected chi connectivity index (χ4v) is 2.21. The molecule has 2 rings (SSSR count). The molecule has 0 radical (unpaired) electrons. The van der Waals surface area contributed by atoms with Crippen LogP contribution in [0, 0.1) is 0 Å². The molecule has 0 aliphatic carbocycles. The maximum atomic E-state index is 12.4. The number of esters is 1. The fourth-order valence-electron chi connectivity index (χ4n) is 2.21. The standard InChI is InChI=1S/C18H18N2O4/c1-12(21)24-16-10-6-5-9-14(16)18(23)20-15(17(19)22)11-13-7-3-2-4-8-13/h2-10,15H,11H2,1H3,(H2,19,22)(H,20,23)/t15-/m0/s1. The van der Waals surface area contributed by atoms with Gasteiger partial charge < -0.3 is 15.8 Å². The molecule has 1 atom stereocenters. The Labute approximate surface area is 139 Å². The summed E-state index contributed by atoms with van der Waals surface area (Å²) in [4.78, 5) is 35.2. The van der Waals surface area contributed by atoms with Crippen LogP contribution in [0.15, 0.2) is 54.6 Å². The SMILES string of the molecule is CC(=O)Oc1ccccc1C(=O)N[C@@H](Cc1ccccc1)C(N)=O. The topological polar surface area (TPSA) is 98.5 Å². The Morgan fingerprint density at radius 2 is 1.67 bits per heavy atom. The van der Waals surface area contributed by atoms with E-state index in [1.165, 1.54) is 19.1 Å². The van der Waals surface area contributed by atoms with Gasteiger partial charge in [-0.1, -0.05) is 42.5 Å². The second-order valence-corrected chi connectivity index (χ2v) is 5.21. The highest BCUT2D eigenvalue weighted by Crippen LogP contribution is 2.18. The van der Waals surface area contributed by atoms with Crippen LogP contribution in [0.2, 0.25) is 0 Å². The van der Waals surface area contributed by atoms with Gasteiger partial charge in [-0.2, -0.15) is 0 Å². The highest BCUT2D eigenvalue weighted by Gasteiger charge is 2.21. The Morgan fingerprint density at radius 3 is 2.29 bits per heavy atom. The van der Waals surface area contributed by atoms with Crippen molar-refractivity contribution in [1.29, 1.82) is 0 Å². The minimum atomic E-state index is -0.870. The molecule has 2 aromatic carbocycles. The predicted octanol–water partition coefficient (Wildman–Crippen LogP) is 1.44. The zero-order valence-electron chi connectivity index (χ0n) is 13.2. The van der Waals surface area contributed by atoms with Crippen LogP contribution in [-0.4, -0.2) is 23.8 Å². The first-order valence-corrected chi connectivity index (χ1v) is 7.39. The normalized spacial score (nSPS) is 11.4. The lowest BCUT2D eigenvalue weighted by Crippen LogP contribution is -2.45. The first kappa shape index (κ1) is 17.2. The van der Waals surface area contributed by atoms with Crippen LogP contribution in [0.1, 0.15) is 22.8 Å². The Balaban J connectivity index is 2.17. The number of carbonyl (C=O) groups is 3. The molecule has 6 nitrogen and oxygen atoms in total. The van der Waals surface area contributed by atoms with Crippen molar-refractivity contribution in [2.24, 2.45) is 5.73 Å². The van der Waals surface area contributed by atoms with E-state index in [4.69, 9.17) is 10.5 Å². The number of hydrogen-bond donors (Lipinski definition) is 2. The summed E-state index contributed by atoms with van der Waals surface area (Å²) in [6.07, 6.45) is 0.275. The molecule has 3 N–H and O–H groups in total. The van der Waals surface area contributed by atoms with Gasteiger partial charge in [0.05, 0.1) is 5.56 Å². The second kappa shape index (κ2) is 7.92. The van der Waals surface area contributed by atoms with Gasteiger partial charge in [-0.15, -0.1) is 0 Å². The van der Waals surface area contributed by atoms with Crippen molar-refractivity contribution in [2.45, 2.75) is 19.4 Å². The van der Waals surface area contributed by atoms with Gasteiger partial charge in [0.25, 0.3) is 5.91 Å². The predicted molar refractivity (Wildman–Crippen MR) is 88.3 cm³/mol. The molecular formula is C18H18N2O4. The molecule has 0 saturated carbocycles. The summed E-state index contributed by atoms with van der Waals surface area (Å²) in [6.45, 7) is 1.25. The molecule has 2 amide bonds. The van der Waals surface area contributed by atoms with Crippen molar-refractivity contribution in [3.63, 3.8) is 0 Å². The highest BCUT2D eigenvalue weighted by molar-refractivity contribution is 6.00. The molecule has 0 bridgehead atoms. The first-order chi connectivity index (χ1) is 11.5. The molecular weight excluding hydrogens is 308 g/mol. The van der Waals surface area contributed by atoms with Gasteiger partial charge in [0.2, 0.25) is 5.91 Å². The Morgan fingerprint density at radius 1 is 1.04 bits per heavy atom. The average molecular weight is 326 g/mol. The number of para-hydroxylation sites is 1. The number of benzene rings is 2. The van der Waals surface area contributed by atoms with Crippen LogP contribution >= 0.6 is 0 Å². The molecule has 0 unspecified atom stereocenters. The van der Waals surface area contributed by atoms with E-state index >= 15 is 0 Å². The quantitative estimate of drug-likeness (QED) is 0.620. The van der Waals surface area contributed by atoms with Gasteiger partial charge in [0.15, 0.2) is 0 Å². The van der Waals surface area contributed by atoms with Crippen molar-refractivity contribution in [2.75, 3.05) is 0 Å². The van der Waals surface area contributed by atoms with Crippen LogP contribution in [0.3, 0.4) is 0 Å². The van der Waals surface area contributed by atoms with E-state index in [0.717, 1.165) is 5.56 Å². The molecule has 0 saturated heterocycles. The lowest BCUT2D eigenvalue weighted by Gasteiger charge is -2.16. The first-order valence-electron chi connectivity index (χ1n) is 7.39. The lowest BCUT2D eigenvalue weighted by atomic mass is 10.0. The van der Waals surface area contributed by atoms with Crippen molar-refractivity contribution in [3.8, 4) is 5.75 Å². The van der Waals surface area contributed by atoms with Crippen LogP contribution in [0.25, 0.3) is 0 Å². The highest BCUT2D eigenvalue weighted by atomic mass is 16.5. The van der Waals surface area contributed by atoms with E-state index in [1.54, 1.807) is 12.1 Å². The van der Waals surface area contributed by atoms with E-state index < -0.39 is 23.8 Å². The molecule has 0 heterocycles. The summed E-state index contributed by atoms with van der Waals surface area (Å²) in [7, 11) is 0. The molecule has 24 heavy (non-hydrogen) atoms. The molecule has 0 aliphatic rings. The molecule has 0 fully saturated rings. The zero-order chi connectivity index (χ0) is 17.5. The monoisotopic (exact) mass is 326 g/mol. The fraction of sp³-hybridized carbons (Fsp3) is 0.167. The van der Waals surface area contributed by atoms with Gasteiger partial charge in [-0.05, 0) is 17.7 Å². The van der Waals surface area contributed by atoms with Gasteiger partial charge in [0.1, 0.15) is 11.8 Å². The number of rotatable bonds is 6. The lowest BCUT2D eigenvalue weighted by molar-refractivity contribution is -0.131. The maximum absolute atomic E-state index is 12.4. The maximum Gasteiger partial charge on any atom is 0.308 e. The van der Waals surface area contributed by atoms with Crippen molar-refractivity contribution in [1.82, 2.24) is 5.32 Å². The summed E-state index contributed by atoms with van der Waals surface area (Å²) in [5, 5.41) is 2.59. The van der Waals surface area contributed by atoms with Gasteiger partial charge in [0, 0.05) is 13.3 Å². The molecule has 6 heteroatoms.